The SMILES string of the molecule is C/C(=C\C=C\[C@]1(C)CC[C@@H](Br)C(C)(C)C1)[C@@H]1CC[C@](C)(O)[C@H](Br)C1. The van der Waals surface area contributed by atoms with Crippen molar-refractivity contribution in [1.29, 1.82) is 0 Å². The fourth-order valence-corrected chi connectivity index (χ4v) is 5.53. The van der Waals surface area contributed by atoms with Gasteiger partial charge in [-0.25, -0.2) is 0 Å². The van der Waals surface area contributed by atoms with Crippen molar-refractivity contribution in [3.8, 4) is 0 Å². The van der Waals surface area contributed by atoms with Gasteiger partial charge >= 0.3 is 0 Å². The molecule has 1 N–H and O–H groups in total. The molecular weight excluding hydrogens is 428 g/mol. The minimum absolute atomic E-state index is 0.198. The maximum atomic E-state index is 10.3. The number of allylic oxidation sites excluding steroid dienone is 4. The van der Waals surface area contributed by atoms with Gasteiger partial charge in [-0.2, -0.15) is 0 Å². The van der Waals surface area contributed by atoms with Crippen LogP contribution < -0.4 is 0 Å². The lowest BCUT2D eigenvalue weighted by Gasteiger charge is -2.44. The van der Waals surface area contributed by atoms with Crippen LogP contribution in [-0.2, 0) is 0 Å². The van der Waals surface area contributed by atoms with Crippen molar-refractivity contribution >= 4 is 31.9 Å². The molecule has 24 heavy (non-hydrogen) atoms. The smallest absolute Gasteiger partial charge is 0.0744 e. The van der Waals surface area contributed by atoms with E-state index in [0.29, 0.717) is 21.6 Å². The van der Waals surface area contributed by atoms with Crippen molar-refractivity contribution < 1.29 is 5.11 Å². The molecule has 0 bridgehead atoms. The van der Waals surface area contributed by atoms with Crippen LogP contribution in [0.3, 0.4) is 0 Å². The zero-order valence-corrected chi connectivity index (χ0v) is 19.1. The van der Waals surface area contributed by atoms with E-state index in [-0.39, 0.29) is 4.83 Å². The normalized spacial score (nSPS) is 44.0. The summed E-state index contributed by atoms with van der Waals surface area (Å²) >= 11 is 7.53. The molecule has 2 rings (SSSR count). The molecule has 138 valence electrons. The Labute approximate surface area is 165 Å². The molecule has 0 aromatic carbocycles. The zero-order chi connectivity index (χ0) is 18.2. The third-order valence-corrected chi connectivity index (χ3v) is 9.40. The van der Waals surface area contributed by atoms with Crippen LogP contribution >= 0.6 is 31.9 Å². The fraction of sp³-hybridized carbons (Fsp3) is 0.810. The van der Waals surface area contributed by atoms with Crippen LogP contribution in [0.2, 0.25) is 0 Å². The molecule has 0 amide bonds. The van der Waals surface area contributed by atoms with E-state index in [1.165, 1.54) is 24.8 Å². The summed E-state index contributed by atoms with van der Waals surface area (Å²) in [5.74, 6) is 0.585. The molecule has 2 aliphatic carbocycles. The van der Waals surface area contributed by atoms with Gasteiger partial charge in [0.15, 0.2) is 0 Å². The van der Waals surface area contributed by atoms with E-state index in [0.717, 1.165) is 19.3 Å². The highest BCUT2D eigenvalue weighted by molar-refractivity contribution is 9.09. The molecule has 0 aromatic rings. The number of rotatable bonds is 3. The molecule has 1 nitrogen and oxygen atoms in total. The van der Waals surface area contributed by atoms with E-state index < -0.39 is 5.60 Å². The van der Waals surface area contributed by atoms with Crippen LogP contribution in [0.1, 0.15) is 73.1 Å². The van der Waals surface area contributed by atoms with E-state index in [2.05, 4.69) is 77.8 Å². The average Bonchev–Trinajstić information content (AvgIpc) is 2.46. The lowest BCUT2D eigenvalue weighted by molar-refractivity contribution is 0.0214. The van der Waals surface area contributed by atoms with E-state index in [9.17, 15) is 5.11 Å². The van der Waals surface area contributed by atoms with E-state index in [4.69, 9.17) is 0 Å². The molecule has 0 unspecified atom stereocenters. The molecule has 2 fully saturated rings. The maximum absolute atomic E-state index is 10.3. The van der Waals surface area contributed by atoms with Gasteiger partial charge in [0.2, 0.25) is 0 Å². The van der Waals surface area contributed by atoms with Crippen LogP contribution in [0, 0.1) is 16.7 Å². The summed E-state index contributed by atoms with van der Waals surface area (Å²) in [7, 11) is 0. The molecule has 0 aromatic heterocycles. The summed E-state index contributed by atoms with van der Waals surface area (Å²) < 4.78 is 0. The minimum atomic E-state index is -0.556. The number of hydrogen-bond acceptors (Lipinski definition) is 1. The Morgan fingerprint density at radius 1 is 1.04 bits per heavy atom. The Morgan fingerprint density at radius 2 is 1.71 bits per heavy atom. The summed E-state index contributed by atoms with van der Waals surface area (Å²) in [4.78, 5) is 0.832. The van der Waals surface area contributed by atoms with Crippen LogP contribution in [0.15, 0.2) is 23.8 Å². The second-order valence-corrected chi connectivity index (χ2v) is 11.6. The van der Waals surface area contributed by atoms with Crippen molar-refractivity contribution in [2.45, 2.75) is 88.4 Å². The first kappa shape index (κ1) is 20.7. The zero-order valence-electron chi connectivity index (χ0n) is 15.9. The molecule has 0 aliphatic heterocycles. The Morgan fingerprint density at radius 3 is 2.29 bits per heavy atom. The van der Waals surface area contributed by atoms with Crippen LogP contribution in [0.25, 0.3) is 0 Å². The van der Waals surface area contributed by atoms with Gasteiger partial charge in [-0.3, -0.25) is 0 Å². The van der Waals surface area contributed by atoms with Gasteiger partial charge in [-0.15, -0.1) is 0 Å². The summed E-state index contributed by atoms with van der Waals surface area (Å²) in [6.45, 7) is 11.4. The van der Waals surface area contributed by atoms with Gasteiger partial charge in [0, 0.05) is 9.65 Å². The molecule has 0 saturated heterocycles. The van der Waals surface area contributed by atoms with Crippen LogP contribution in [-0.4, -0.2) is 20.4 Å². The number of hydrogen-bond donors (Lipinski definition) is 1. The monoisotopic (exact) mass is 460 g/mol. The molecule has 0 heterocycles. The minimum Gasteiger partial charge on any atom is -0.389 e. The Kier molecular flexibility index (Phi) is 6.53. The van der Waals surface area contributed by atoms with E-state index in [1.807, 2.05) is 6.92 Å². The Hall–Kier alpha value is 0.400. The summed E-state index contributed by atoms with van der Waals surface area (Å²) in [5, 5.41) is 10.3. The predicted octanol–water partition coefficient (Wildman–Crippen LogP) is 6.78. The largest absolute Gasteiger partial charge is 0.389 e. The summed E-state index contributed by atoms with van der Waals surface area (Å²) in [6, 6.07) is 0. The standard InChI is InChI=1S/C21H34Br2O/c1-15(16-8-12-21(5,24)18(23)13-16)7-6-10-20(4)11-9-17(22)19(2,3)14-20/h6-7,10,16-18,24H,8-9,11-14H2,1-5H3/b10-6+,15-7+/t16-,17-,18-,20-,21+/m1/s1. The van der Waals surface area contributed by atoms with Crippen molar-refractivity contribution in [2.75, 3.05) is 0 Å². The highest BCUT2D eigenvalue weighted by Crippen LogP contribution is 2.49. The predicted molar refractivity (Wildman–Crippen MR) is 112 cm³/mol. The van der Waals surface area contributed by atoms with Gasteiger partial charge in [0.1, 0.15) is 0 Å². The summed E-state index contributed by atoms with van der Waals surface area (Å²) in [6.07, 6.45) is 13.8. The number of aliphatic hydroxyl groups is 1. The number of halogens is 2. The quantitative estimate of drug-likeness (QED) is 0.362. The van der Waals surface area contributed by atoms with Gasteiger partial charge < -0.3 is 5.11 Å². The van der Waals surface area contributed by atoms with Gasteiger partial charge in [0.25, 0.3) is 0 Å². The third-order valence-electron chi connectivity index (χ3n) is 6.34. The van der Waals surface area contributed by atoms with Gasteiger partial charge in [-0.1, -0.05) is 76.4 Å². The molecule has 2 aliphatic rings. The second-order valence-electron chi connectivity index (χ2n) is 9.39. The van der Waals surface area contributed by atoms with Gasteiger partial charge in [-0.05, 0) is 69.1 Å². The number of alkyl halides is 2. The molecule has 2 saturated carbocycles. The van der Waals surface area contributed by atoms with Gasteiger partial charge in [0.05, 0.1) is 5.60 Å². The molecule has 5 atom stereocenters. The molecule has 0 radical (unpaired) electrons. The van der Waals surface area contributed by atoms with E-state index >= 15 is 0 Å². The first-order valence-electron chi connectivity index (χ1n) is 9.32. The molecule has 0 spiro atoms. The molecule has 3 heteroatoms. The Bertz CT molecular complexity index is 506. The second kappa shape index (κ2) is 7.56. The Balaban J connectivity index is 1.98. The average molecular weight is 462 g/mol. The molecular formula is C21H34Br2O. The summed E-state index contributed by atoms with van der Waals surface area (Å²) in [5.41, 5.74) is 1.55. The van der Waals surface area contributed by atoms with E-state index in [1.54, 1.807) is 0 Å². The van der Waals surface area contributed by atoms with Crippen molar-refractivity contribution in [3.63, 3.8) is 0 Å². The first-order chi connectivity index (χ1) is 11.0. The van der Waals surface area contributed by atoms with Crippen LogP contribution in [0.5, 0.6) is 0 Å². The highest BCUT2D eigenvalue weighted by Gasteiger charge is 2.40. The first-order valence-corrected chi connectivity index (χ1v) is 11.1. The maximum Gasteiger partial charge on any atom is 0.0744 e. The van der Waals surface area contributed by atoms with Crippen LogP contribution in [0.4, 0.5) is 0 Å². The topological polar surface area (TPSA) is 20.2 Å². The lowest BCUT2D eigenvalue weighted by atomic mass is 9.64. The van der Waals surface area contributed by atoms with Crippen molar-refractivity contribution in [2.24, 2.45) is 16.7 Å². The van der Waals surface area contributed by atoms with Crippen molar-refractivity contribution in [1.82, 2.24) is 0 Å². The van der Waals surface area contributed by atoms with Crippen molar-refractivity contribution in [3.05, 3.63) is 23.8 Å². The third kappa shape index (κ3) is 4.98. The lowest BCUT2D eigenvalue weighted by Crippen LogP contribution is -2.41. The fourth-order valence-electron chi connectivity index (χ4n) is 4.46. The highest BCUT2D eigenvalue weighted by atomic mass is 79.9.